The highest BCUT2D eigenvalue weighted by atomic mass is 127. The molecule has 2 aromatic heterocycles. The highest BCUT2D eigenvalue weighted by Crippen LogP contribution is 2.30. The minimum Gasteiger partial charge on any atom is -0.308 e. The smallest absolute Gasteiger partial charge is 0.226 e. The molecule has 2 heterocycles. The lowest BCUT2D eigenvalue weighted by Gasteiger charge is -2.03. The van der Waals surface area contributed by atoms with Crippen LogP contribution in [0, 0.1) is 6.92 Å². The summed E-state index contributed by atoms with van der Waals surface area (Å²) in [6.07, 6.45) is 0. The Morgan fingerprint density at radius 1 is 1.60 bits per heavy atom. The number of halogens is 2. The molecule has 80 valence electrons. The van der Waals surface area contributed by atoms with E-state index < -0.39 is 0 Å². The van der Waals surface area contributed by atoms with Crippen molar-refractivity contribution in [1.29, 1.82) is 0 Å². The minimum atomic E-state index is 0.181. The molecule has 15 heavy (non-hydrogen) atoms. The van der Waals surface area contributed by atoms with Gasteiger partial charge in [-0.1, -0.05) is 0 Å². The van der Waals surface area contributed by atoms with Crippen molar-refractivity contribution in [3.8, 4) is 0 Å². The molecule has 0 unspecified atom stereocenters. The molecule has 0 atom stereocenters. The predicted molar refractivity (Wildman–Crippen MR) is 72.1 cm³/mol. The number of aryl methyl sites for hydroxylation is 1. The average Bonchev–Trinajstić information content (AvgIpc) is 2.52. The van der Waals surface area contributed by atoms with Gasteiger partial charge in [0.25, 0.3) is 0 Å². The topological polar surface area (TPSA) is 68.8 Å². The second-order valence-electron chi connectivity index (χ2n) is 2.87. The molecule has 0 aliphatic heterocycles. The zero-order chi connectivity index (χ0) is 11.0. The number of nitrogens with zero attached hydrogens (tertiary/aromatic N) is 3. The highest BCUT2D eigenvalue weighted by molar-refractivity contribution is 14.2. The first-order valence-electron chi connectivity index (χ1n) is 3.98. The summed E-state index contributed by atoms with van der Waals surface area (Å²) in [5.74, 6) is 5.91. The Bertz CT molecular complexity index is 514. The Morgan fingerprint density at radius 3 is 2.93 bits per heavy atom. The summed E-state index contributed by atoms with van der Waals surface area (Å²) in [7, 11) is 1.53. The van der Waals surface area contributed by atoms with Crippen LogP contribution in [0.1, 0.15) is 5.69 Å². The van der Waals surface area contributed by atoms with E-state index in [1.807, 2.05) is 17.0 Å². The fourth-order valence-corrected chi connectivity index (χ4v) is 3.37. The van der Waals surface area contributed by atoms with Gasteiger partial charge in [-0.3, -0.25) is 3.97 Å². The van der Waals surface area contributed by atoms with Crippen LogP contribution in [0.25, 0.3) is 11.0 Å². The van der Waals surface area contributed by atoms with E-state index in [0.29, 0.717) is 5.82 Å². The molecule has 0 spiro atoms. The molecule has 8 heteroatoms. The SMILES string of the molecule is Cc1cc2c(NN)nc(Cl)nc2n1SI. The molecule has 0 aliphatic carbocycles. The van der Waals surface area contributed by atoms with Crippen LogP contribution in [0.15, 0.2) is 6.07 Å². The van der Waals surface area contributed by atoms with Gasteiger partial charge in [0.05, 0.1) is 5.39 Å². The third-order valence-corrected chi connectivity index (χ3v) is 3.92. The third kappa shape index (κ3) is 1.88. The minimum absolute atomic E-state index is 0.181. The summed E-state index contributed by atoms with van der Waals surface area (Å²) in [5, 5.41) is 1.05. The van der Waals surface area contributed by atoms with Gasteiger partial charge in [-0.15, -0.1) is 0 Å². The van der Waals surface area contributed by atoms with Gasteiger partial charge in [-0.2, -0.15) is 9.97 Å². The second kappa shape index (κ2) is 4.32. The molecule has 0 aromatic carbocycles. The van der Waals surface area contributed by atoms with Crippen LogP contribution in [-0.4, -0.2) is 13.9 Å². The first kappa shape index (κ1) is 11.2. The van der Waals surface area contributed by atoms with Crippen LogP contribution in [0.3, 0.4) is 0 Å². The molecule has 0 fully saturated rings. The number of fused-ring (bicyclic) bond motifs is 1. The Morgan fingerprint density at radius 2 is 2.33 bits per heavy atom. The number of nitrogens with one attached hydrogen (secondary N) is 1. The lowest BCUT2D eigenvalue weighted by atomic mass is 10.3. The largest absolute Gasteiger partial charge is 0.308 e. The first-order chi connectivity index (χ1) is 7.17. The zero-order valence-electron chi connectivity index (χ0n) is 7.66. The van der Waals surface area contributed by atoms with Crippen molar-refractivity contribution in [1.82, 2.24) is 13.9 Å². The van der Waals surface area contributed by atoms with E-state index in [-0.39, 0.29) is 5.28 Å². The second-order valence-corrected chi connectivity index (χ2v) is 4.89. The molecule has 0 saturated heterocycles. The van der Waals surface area contributed by atoms with Gasteiger partial charge in [0.2, 0.25) is 5.28 Å². The van der Waals surface area contributed by atoms with E-state index in [1.165, 1.54) is 9.12 Å². The Labute approximate surface area is 107 Å². The van der Waals surface area contributed by atoms with Crippen molar-refractivity contribution >= 4 is 58.8 Å². The summed E-state index contributed by atoms with van der Waals surface area (Å²) in [4.78, 5) is 8.17. The highest BCUT2D eigenvalue weighted by Gasteiger charge is 2.12. The van der Waals surface area contributed by atoms with Gasteiger partial charge in [-0.05, 0) is 24.6 Å². The molecular weight excluding hydrogens is 349 g/mol. The summed E-state index contributed by atoms with van der Waals surface area (Å²) < 4.78 is 1.96. The van der Waals surface area contributed by atoms with Crippen LogP contribution in [0.4, 0.5) is 5.82 Å². The van der Waals surface area contributed by atoms with E-state index in [4.69, 9.17) is 17.4 Å². The molecule has 0 bridgehead atoms. The standard InChI is InChI=1S/C7H7ClIN5S/c1-3-2-4-5(13-10)11-7(8)12-6(4)14(3)15-9/h2H,10H2,1H3,(H,11,12,13). The third-order valence-electron chi connectivity index (χ3n) is 1.97. The van der Waals surface area contributed by atoms with E-state index in [0.717, 1.165) is 16.7 Å². The van der Waals surface area contributed by atoms with E-state index >= 15 is 0 Å². The molecule has 2 rings (SSSR count). The number of anilines is 1. The van der Waals surface area contributed by atoms with Crippen molar-refractivity contribution < 1.29 is 0 Å². The van der Waals surface area contributed by atoms with Crippen molar-refractivity contribution in [2.45, 2.75) is 6.92 Å². The Hall–Kier alpha value is -0.250. The number of hydrogen-bond acceptors (Lipinski definition) is 5. The van der Waals surface area contributed by atoms with E-state index in [1.54, 1.807) is 0 Å². The molecule has 5 nitrogen and oxygen atoms in total. The maximum Gasteiger partial charge on any atom is 0.226 e. The van der Waals surface area contributed by atoms with Gasteiger partial charge in [-0.25, -0.2) is 5.84 Å². The lowest BCUT2D eigenvalue weighted by molar-refractivity contribution is 1.14. The number of nitrogens with two attached hydrogens (primary N) is 1. The van der Waals surface area contributed by atoms with Crippen LogP contribution in [0.5, 0.6) is 0 Å². The molecule has 3 N–H and O–H groups in total. The lowest BCUT2D eigenvalue weighted by Crippen LogP contribution is -2.09. The maximum atomic E-state index is 5.80. The van der Waals surface area contributed by atoms with Gasteiger partial charge in [0.15, 0.2) is 11.5 Å². The van der Waals surface area contributed by atoms with Gasteiger partial charge in [0.1, 0.15) is 0 Å². The maximum absolute atomic E-state index is 5.80. The van der Waals surface area contributed by atoms with Gasteiger partial charge < -0.3 is 5.43 Å². The summed E-state index contributed by atoms with van der Waals surface area (Å²) in [5.41, 5.74) is 4.35. The van der Waals surface area contributed by atoms with Gasteiger partial charge >= 0.3 is 0 Å². The molecule has 0 radical (unpaired) electrons. The van der Waals surface area contributed by atoms with Crippen LogP contribution in [0.2, 0.25) is 5.28 Å². The van der Waals surface area contributed by atoms with Crippen molar-refractivity contribution in [3.63, 3.8) is 0 Å². The average molecular weight is 356 g/mol. The Balaban J connectivity index is 2.83. The predicted octanol–water partition coefficient (Wildman–Crippen LogP) is 2.53. The number of nitrogen functional groups attached to an aromatic ring is 1. The quantitative estimate of drug-likeness (QED) is 0.375. The monoisotopic (exact) mass is 355 g/mol. The van der Waals surface area contributed by atoms with Crippen molar-refractivity contribution in [2.75, 3.05) is 5.43 Å². The molecule has 0 aliphatic rings. The van der Waals surface area contributed by atoms with E-state index in [2.05, 4.69) is 36.6 Å². The fraction of sp³-hybridized carbons (Fsp3) is 0.143. The Kier molecular flexibility index (Phi) is 3.24. The molecule has 2 aromatic rings. The van der Waals surface area contributed by atoms with E-state index in [9.17, 15) is 0 Å². The molecule has 0 saturated carbocycles. The normalized spacial score (nSPS) is 10.9. The number of rotatable bonds is 2. The van der Waals surface area contributed by atoms with Gasteiger partial charge in [0, 0.05) is 36.0 Å². The number of hydrazine groups is 1. The number of hydrogen-bond donors (Lipinski definition) is 2. The van der Waals surface area contributed by atoms with Crippen LogP contribution >= 0.6 is 41.9 Å². The first-order valence-corrected chi connectivity index (χ1v) is 7.68. The van der Waals surface area contributed by atoms with Crippen LogP contribution in [-0.2, 0) is 0 Å². The zero-order valence-corrected chi connectivity index (χ0v) is 11.4. The van der Waals surface area contributed by atoms with Crippen LogP contribution < -0.4 is 11.3 Å². The summed E-state index contributed by atoms with van der Waals surface area (Å²) in [6, 6.07) is 1.96. The fourth-order valence-electron chi connectivity index (χ4n) is 1.35. The molecular formula is C7H7ClIN5S. The number of aromatic nitrogens is 3. The summed E-state index contributed by atoms with van der Waals surface area (Å²) in [6.45, 7) is 1.99. The van der Waals surface area contributed by atoms with Crippen molar-refractivity contribution in [2.24, 2.45) is 5.84 Å². The van der Waals surface area contributed by atoms with Crippen molar-refractivity contribution in [3.05, 3.63) is 17.0 Å². The molecule has 0 amide bonds. The summed E-state index contributed by atoms with van der Waals surface area (Å²) >= 11 is 7.98.